The Morgan fingerprint density at radius 2 is 2.12 bits per heavy atom. The molecule has 2 heterocycles. The Hall–Kier alpha value is -2.25. The zero-order valence-corrected chi connectivity index (χ0v) is 15.2. The second kappa shape index (κ2) is 8.42. The summed E-state index contributed by atoms with van der Waals surface area (Å²) in [6.07, 6.45) is 1.71. The average molecular weight is 377 g/mol. The fraction of sp³-hybridized carbons (Fsp3) is 0.368. The first kappa shape index (κ1) is 18.5. The molecule has 0 aliphatic carbocycles. The summed E-state index contributed by atoms with van der Waals surface area (Å²) in [5, 5.41) is 4.98. The quantitative estimate of drug-likeness (QED) is 0.765. The van der Waals surface area contributed by atoms with Crippen molar-refractivity contribution in [3.63, 3.8) is 0 Å². The van der Waals surface area contributed by atoms with E-state index in [1.54, 1.807) is 17.5 Å². The molecule has 1 N–H and O–H groups in total. The fourth-order valence-corrected chi connectivity index (χ4v) is 3.70. The number of halogens is 1. The Bertz CT molecular complexity index is 781. The predicted molar refractivity (Wildman–Crippen MR) is 97.9 cm³/mol. The summed E-state index contributed by atoms with van der Waals surface area (Å²) in [4.78, 5) is 24.9. The lowest BCUT2D eigenvalue weighted by molar-refractivity contribution is -0.124. The number of benzene rings is 1. The molecule has 0 unspecified atom stereocenters. The molecule has 1 saturated heterocycles. The van der Waals surface area contributed by atoms with Gasteiger partial charge in [-0.25, -0.2) is 9.18 Å². The van der Waals surface area contributed by atoms with Crippen molar-refractivity contribution < 1.29 is 23.5 Å². The van der Waals surface area contributed by atoms with Crippen molar-refractivity contribution in [2.75, 3.05) is 18.5 Å². The maximum Gasteiger partial charge on any atom is 0.341 e. The highest BCUT2D eigenvalue weighted by molar-refractivity contribution is 7.15. The summed E-state index contributed by atoms with van der Waals surface area (Å²) < 4.78 is 23.9. The number of esters is 1. The van der Waals surface area contributed by atoms with Gasteiger partial charge >= 0.3 is 5.97 Å². The maximum absolute atomic E-state index is 13.2. The Morgan fingerprint density at radius 1 is 1.35 bits per heavy atom. The third kappa shape index (κ3) is 4.11. The molecule has 1 aliphatic heterocycles. The van der Waals surface area contributed by atoms with E-state index in [-0.39, 0.29) is 18.3 Å². The molecule has 5 nitrogen and oxygen atoms in total. The van der Waals surface area contributed by atoms with Crippen molar-refractivity contribution in [1.82, 2.24) is 0 Å². The van der Waals surface area contributed by atoms with Crippen molar-refractivity contribution >= 4 is 28.2 Å². The smallest absolute Gasteiger partial charge is 0.341 e. The lowest BCUT2D eigenvalue weighted by atomic mass is 10.0. The minimum atomic E-state index is -0.505. The topological polar surface area (TPSA) is 64.6 Å². The van der Waals surface area contributed by atoms with E-state index in [1.807, 2.05) is 6.92 Å². The second-order valence-corrected chi connectivity index (χ2v) is 6.87. The lowest BCUT2D eigenvalue weighted by Gasteiger charge is -2.12. The summed E-state index contributed by atoms with van der Waals surface area (Å²) in [5.74, 6) is -1.12. The van der Waals surface area contributed by atoms with Crippen LogP contribution in [0.5, 0.6) is 0 Å². The molecule has 0 radical (unpaired) electrons. The second-order valence-electron chi connectivity index (χ2n) is 5.99. The average Bonchev–Trinajstić information content (AvgIpc) is 3.30. The van der Waals surface area contributed by atoms with Crippen molar-refractivity contribution in [2.24, 2.45) is 0 Å². The van der Waals surface area contributed by atoms with E-state index in [1.165, 1.54) is 23.5 Å². The summed E-state index contributed by atoms with van der Waals surface area (Å²) in [6, 6.07) is 5.86. The van der Waals surface area contributed by atoms with Crippen LogP contribution in [-0.4, -0.2) is 31.2 Å². The van der Waals surface area contributed by atoms with Gasteiger partial charge in [0.15, 0.2) is 0 Å². The number of nitrogens with one attached hydrogen (secondary N) is 1. The van der Waals surface area contributed by atoms with Crippen LogP contribution in [0.1, 0.15) is 36.5 Å². The van der Waals surface area contributed by atoms with Crippen LogP contribution in [0, 0.1) is 5.82 Å². The zero-order chi connectivity index (χ0) is 18.5. The number of anilines is 1. The number of ether oxygens (including phenoxy) is 2. The van der Waals surface area contributed by atoms with E-state index in [4.69, 9.17) is 9.47 Å². The molecular weight excluding hydrogens is 357 g/mol. The Morgan fingerprint density at radius 3 is 2.77 bits per heavy atom. The largest absolute Gasteiger partial charge is 0.462 e. The number of hydrogen-bond acceptors (Lipinski definition) is 5. The molecule has 1 aromatic heterocycles. The summed E-state index contributed by atoms with van der Waals surface area (Å²) in [7, 11) is 0. The highest BCUT2D eigenvalue weighted by atomic mass is 32.1. The van der Waals surface area contributed by atoms with Crippen LogP contribution >= 0.6 is 11.3 Å². The van der Waals surface area contributed by atoms with E-state index < -0.39 is 12.1 Å². The summed E-state index contributed by atoms with van der Waals surface area (Å²) >= 11 is 1.24. The van der Waals surface area contributed by atoms with Crippen LogP contribution in [0.2, 0.25) is 0 Å². The van der Waals surface area contributed by atoms with Gasteiger partial charge in [0, 0.05) is 17.6 Å². The third-order valence-corrected chi connectivity index (χ3v) is 4.94. The van der Waals surface area contributed by atoms with Crippen LogP contribution in [0.25, 0.3) is 11.1 Å². The van der Waals surface area contributed by atoms with Crippen molar-refractivity contribution in [1.29, 1.82) is 0 Å². The normalized spacial score (nSPS) is 16.5. The minimum Gasteiger partial charge on any atom is -0.462 e. The highest BCUT2D eigenvalue weighted by Crippen LogP contribution is 2.36. The molecule has 0 bridgehead atoms. The van der Waals surface area contributed by atoms with Gasteiger partial charge in [0.2, 0.25) is 0 Å². The van der Waals surface area contributed by atoms with Gasteiger partial charge in [-0.3, -0.25) is 4.79 Å². The number of rotatable bonds is 6. The van der Waals surface area contributed by atoms with Crippen molar-refractivity contribution in [2.45, 2.75) is 32.3 Å². The van der Waals surface area contributed by atoms with Gasteiger partial charge in [0.05, 0.1) is 6.61 Å². The Kier molecular flexibility index (Phi) is 6.00. The monoisotopic (exact) mass is 377 g/mol. The third-order valence-electron chi connectivity index (χ3n) is 4.05. The van der Waals surface area contributed by atoms with Gasteiger partial charge in [-0.05, 0) is 37.0 Å². The van der Waals surface area contributed by atoms with Crippen LogP contribution in [0.4, 0.5) is 9.39 Å². The number of carbonyl (C=O) groups is 2. The van der Waals surface area contributed by atoms with E-state index in [2.05, 4.69) is 5.32 Å². The molecule has 1 aromatic carbocycles. The molecule has 1 aliphatic rings. The Balaban J connectivity index is 1.91. The lowest BCUT2D eigenvalue weighted by Crippen LogP contribution is -2.27. The van der Waals surface area contributed by atoms with Crippen molar-refractivity contribution in [3.8, 4) is 11.1 Å². The molecular formula is C19H20FNO4S. The van der Waals surface area contributed by atoms with Crippen LogP contribution in [0.3, 0.4) is 0 Å². The molecule has 7 heteroatoms. The molecule has 0 saturated carbocycles. The number of hydrogen-bond donors (Lipinski definition) is 1. The number of carbonyl (C=O) groups excluding carboxylic acids is 2. The fourth-order valence-electron chi connectivity index (χ4n) is 2.74. The van der Waals surface area contributed by atoms with E-state index in [0.717, 1.165) is 6.42 Å². The summed E-state index contributed by atoms with van der Waals surface area (Å²) in [6.45, 7) is 2.76. The number of amides is 1. The molecule has 1 fully saturated rings. The van der Waals surface area contributed by atoms with Gasteiger partial charge in [-0.15, -0.1) is 11.3 Å². The maximum atomic E-state index is 13.2. The van der Waals surface area contributed by atoms with E-state index >= 15 is 0 Å². The Labute approximate surface area is 155 Å². The first-order valence-electron chi connectivity index (χ1n) is 8.57. The zero-order valence-electron chi connectivity index (χ0n) is 14.4. The van der Waals surface area contributed by atoms with E-state index in [0.29, 0.717) is 41.1 Å². The predicted octanol–water partition coefficient (Wildman–Crippen LogP) is 4.24. The number of thiophene rings is 1. The van der Waals surface area contributed by atoms with Crippen LogP contribution < -0.4 is 5.32 Å². The molecule has 2 aromatic rings. The highest BCUT2D eigenvalue weighted by Gasteiger charge is 2.27. The van der Waals surface area contributed by atoms with Gasteiger partial charge in [-0.1, -0.05) is 19.1 Å². The molecule has 1 atom stereocenters. The van der Waals surface area contributed by atoms with Gasteiger partial charge in [-0.2, -0.15) is 0 Å². The first-order chi connectivity index (χ1) is 12.6. The molecule has 1 amide bonds. The van der Waals surface area contributed by atoms with Crippen LogP contribution in [-0.2, 0) is 14.3 Å². The molecule has 138 valence electrons. The minimum absolute atomic E-state index is 0.264. The van der Waals surface area contributed by atoms with Gasteiger partial charge < -0.3 is 14.8 Å². The molecule has 0 spiro atoms. The van der Waals surface area contributed by atoms with Crippen LogP contribution in [0.15, 0.2) is 29.6 Å². The van der Waals surface area contributed by atoms with E-state index in [9.17, 15) is 14.0 Å². The van der Waals surface area contributed by atoms with Gasteiger partial charge in [0.1, 0.15) is 22.5 Å². The first-order valence-corrected chi connectivity index (χ1v) is 9.45. The SMILES string of the molecule is CCCOC(=O)c1c(-c2ccc(F)cc2)csc1NC(=O)[C@H]1CCCO1. The molecule has 3 rings (SSSR count). The summed E-state index contributed by atoms with van der Waals surface area (Å²) in [5.41, 5.74) is 1.59. The van der Waals surface area contributed by atoms with Gasteiger partial charge in [0.25, 0.3) is 5.91 Å². The standard InChI is InChI=1S/C19H20FNO4S/c1-2-9-25-19(23)16-14(12-5-7-13(20)8-6-12)11-26-18(16)21-17(22)15-4-3-10-24-15/h5-8,11,15H,2-4,9-10H2,1H3,(H,21,22)/t15-/m1/s1. The van der Waals surface area contributed by atoms with Crippen molar-refractivity contribution in [3.05, 3.63) is 41.0 Å². The molecule has 26 heavy (non-hydrogen) atoms.